The van der Waals surface area contributed by atoms with E-state index in [1.165, 1.54) is 11.1 Å². The van der Waals surface area contributed by atoms with E-state index in [0.29, 0.717) is 18.5 Å². The molecule has 1 fully saturated rings. The highest BCUT2D eigenvalue weighted by atomic mass is 16.2. The third kappa shape index (κ3) is 5.47. The van der Waals surface area contributed by atoms with Crippen LogP contribution in [0.3, 0.4) is 0 Å². The van der Waals surface area contributed by atoms with Crippen LogP contribution < -0.4 is 5.32 Å². The first-order chi connectivity index (χ1) is 17.1. The van der Waals surface area contributed by atoms with E-state index in [-0.39, 0.29) is 29.6 Å². The van der Waals surface area contributed by atoms with Gasteiger partial charge in [0.25, 0.3) is 0 Å². The van der Waals surface area contributed by atoms with Crippen molar-refractivity contribution in [2.75, 3.05) is 38.0 Å². The molecule has 2 aliphatic rings. The molecule has 0 bridgehead atoms. The Morgan fingerprint density at radius 1 is 0.971 bits per heavy atom. The summed E-state index contributed by atoms with van der Waals surface area (Å²) in [6.07, 6.45) is 2.82. The lowest BCUT2D eigenvalue weighted by Gasteiger charge is -2.39. The topological polar surface area (TPSA) is 78.4 Å². The molecule has 3 aromatic rings. The summed E-state index contributed by atoms with van der Waals surface area (Å²) in [5, 5.41) is 2.83. The summed E-state index contributed by atoms with van der Waals surface area (Å²) in [5.41, 5.74) is 3.88. The molecule has 0 saturated carbocycles. The zero-order valence-corrected chi connectivity index (χ0v) is 20.1. The van der Waals surface area contributed by atoms with Gasteiger partial charge in [0.05, 0.1) is 23.8 Å². The number of nitrogens with one attached hydrogen (secondary N) is 1. The summed E-state index contributed by atoms with van der Waals surface area (Å²) in [7, 11) is 0. The van der Waals surface area contributed by atoms with E-state index in [1.54, 1.807) is 6.20 Å². The first-order valence-electron chi connectivity index (χ1n) is 12.3. The van der Waals surface area contributed by atoms with E-state index < -0.39 is 0 Å². The lowest BCUT2D eigenvalue weighted by molar-refractivity contribution is -0.117. The van der Waals surface area contributed by atoms with E-state index in [0.717, 1.165) is 38.3 Å². The van der Waals surface area contributed by atoms with Gasteiger partial charge in [-0.1, -0.05) is 67.6 Å². The van der Waals surface area contributed by atoms with Crippen LogP contribution in [0.25, 0.3) is 0 Å². The number of carbonyl (C=O) groups is 2. The smallest absolute Gasteiger partial charge is 0.240 e. The molecule has 0 spiro atoms. The summed E-state index contributed by atoms with van der Waals surface area (Å²) in [5.74, 6) is 0.498. The van der Waals surface area contributed by atoms with Crippen LogP contribution in [0.15, 0.2) is 66.9 Å². The van der Waals surface area contributed by atoms with Crippen molar-refractivity contribution in [3.05, 3.63) is 89.2 Å². The first-order valence-corrected chi connectivity index (χ1v) is 12.3. The number of piperazine rings is 1. The Morgan fingerprint density at radius 2 is 1.60 bits per heavy atom. The molecule has 1 aromatic heterocycles. The highest BCUT2D eigenvalue weighted by Crippen LogP contribution is 2.29. The minimum absolute atomic E-state index is 0.0822. The number of nitrogens with zero attached hydrogens (tertiary/aromatic N) is 4. The quantitative estimate of drug-likeness (QED) is 0.595. The van der Waals surface area contributed by atoms with Crippen LogP contribution in [-0.4, -0.2) is 64.2 Å². The van der Waals surface area contributed by atoms with Gasteiger partial charge in [0.15, 0.2) is 5.78 Å². The maximum Gasteiger partial charge on any atom is 0.240 e. The number of benzene rings is 2. The third-order valence-electron chi connectivity index (χ3n) is 6.86. The van der Waals surface area contributed by atoms with Crippen molar-refractivity contribution in [3.8, 4) is 0 Å². The van der Waals surface area contributed by atoms with E-state index in [2.05, 4.69) is 73.6 Å². The molecule has 1 atom stereocenters. The second kappa shape index (κ2) is 10.5. The van der Waals surface area contributed by atoms with Crippen LogP contribution in [-0.2, 0) is 11.2 Å². The number of anilines is 1. The van der Waals surface area contributed by atoms with Crippen molar-refractivity contribution in [1.82, 2.24) is 19.8 Å². The number of aromatic nitrogens is 2. The van der Waals surface area contributed by atoms with Crippen molar-refractivity contribution >= 4 is 17.6 Å². The molecular formula is C28H31N5O2. The molecule has 7 nitrogen and oxygen atoms in total. The predicted molar refractivity (Wildman–Crippen MR) is 135 cm³/mol. The molecule has 2 heterocycles. The fourth-order valence-corrected chi connectivity index (χ4v) is 5.13. The largest absolute Gasteiger partial charge is 0.294 e. The molecule has 1 unspecified atom stereocenters. The predicted octanol–water partition coefficient (Wildman–Crippen LogP) is 3.59. The highest BCUT2D eigenvalue weighted by Gasteiger charge is 2.28. The van der Waals surface area contributed by atoms with Crippen LogP contribution in [0.5, 0.6) is 0 Å². The molecule has 1 amide bonds. The van der Waals surface area contributed by atoms with Crippen molar-refractivity contribution in [1.29, 1.82) is 0 Å². The lowest BCUT2D eigenvalue weighted by atomic mass is 9.88. The van der Waals surface area contributed by atoms with Gasteiger partial charge < -0.3 is 0 Å². The minimum atomic E-state index is -0.128. The lowest BCUT2D eigenvalue weighted by Crippen LogP contribution is -2.49. The Morgan fingerprint density at radius 3 is 2.23 bits per heavy atom. The number of Topliss-reactive ketones (excluding diaryl/α,β-unsaturated/α-hetero) is 1. The summed E-state index contributed by atoms with van der Waals surface area (Å²) in [6.45, 7) is 5.70. The van der Waals surface area contributed by atoms with Crippen LogP contribution >= 0.6 is 0 Å². The van der Waals surface area contributed by atoms with Gasteiger partial charge in [-0.3, -0.25) is 24.7 Å². The standard InChI is InChI=1S/C28H31N5O2/c1-20-16-24-23(25(34)17-20)18-29-28(30-24)31-26(35)19-32-12-14-33(15-13-32)27(21-8-4-2-5-9-21)22-10-6-3-7-11-22/h2-11,18,20,27H,12-17,19H2,1H3,(H,29,30,31,35). The van der Waals surface area contributed by atoms with Gasteiger partial charge in [-0.2, -0.15) is 0 Å². The number of fused-ring (bicyclic) bond motifs is 1. The maximum atomic E-state index is 12.7. The molecule has 180 valence electrons. The Kier molecular flexibility index (Phi) is 6.97. The molecule has 2 aromatic carbocycles. The van der Waals surface area contributed by atoms with Crippen molar-refractivity contribution < 1.29 is 9.59 Å². The van der Waals surface area contributed by atoms with Gasteiger partial charge in [-0.05, 0) is 23.5 Å². The summed E-state index contributed by atoms with van der Waals surface area (Å²) < 4.78 is 0. The fraction of sp³-hybridized carbons (Fsp3) is 0.357. The summed E-state index contributed by atoms with van der Waals surface area (Å²) in [6, 6.07) is 21.4. The van der Waals surface area contributed by atoms with Crippen molar-refractivity contribution in [2.45, 2.75) is 25.8 Å². The van der Waals surface area contributed by atoms with Crippen molar-refractivity contribution in [2.24, 2.45) is 5.92 Å². The van der Waals surface area contributed by atoms with Gasteiger partial charge in [0, 0.05) is 38.8 Å². The molecular weight excluding hydrogens is 438 g/mol. The number of amides is 1. The highest BCUT2D eigenvalue weighted by molar-refractivity contribution is 5.98. The monoisotopic (exact) mass is 469 g/mol. The average molecular weight is 470 g/mol. The Bertz CT molecular complexity index is 1140. The molecule has 0 radical (unpaired) electrons. The zero-order valence-electron chi connectivity index (χ0n) is 20.1. The van der Waals surface area contributed by atoms with Crippen LogP contribution in [0, 0.1) is 5.92 Å². The molecule has 7 heteroatoms. The third-order valence-corrected chi connectivity index (χ3v) is 6.86. The first kappa shape index (κ1) is 23.3. The van der Waals surface area contributed by atoms with Crippen LogP contribution in [0.2, 0.25) is 0 Å². The molecule has 1 aliphatic carbocycles. The van der Waals surface area contributed by atoms with E-state index in [4.69, 9.17) is 0 Å². The number of hydrogen-bond donors (Lipinski definition) is 1. The molecule has 1 N–H and O–H groups in total. The second-order valence-electron chi connectivity index (χ2n) is 9.57. The van der Waals surface area contributed by atoms with Crippen LogP contribution in [0.1, 0.15) is 46.6 Å². The van der Waals surface area contributed by atoms with Gasteiger partial charge in [-0.15, -0.1) is 0 Å². The van der Waals surface area contributed by atoms with Gasteiger partial charge in [-0.25, -0.2) is 9.97 Å². The van der Waals surface area contributed by atoms with E-state index in [1.807, 2.05) is 19.1 Å². The fourth-order valence-electron chi connectivity index (χ4n) is 5.13. The number of rotatable bonds is 6. The maximum absolute atomic E-state index is 12.7. The zero-order chi connectivity index (χ0) is 24.2. The normalized spacial score (nSPS) is 18.9. The van der Waals surface area contributed by atoms with Gasteiger partial charge >= 0.3 is 0 Å². The number of ketones is 1. The van der Waals surface area contributed by atoms with E-state index in [9.17, 15) is 9.59 Å². The van der Waals surface area contributed by atoms with Crippen molar-refractivity contribution in [3.63, 3.8) is 0 Å². The Labute approximate surface area is 206 Å². The Hall–Kier alpha value is -3.42. The molecule has 1 aliphatic heterocycles. The number of carbonyl (C=O) groups excluding carboxylic acids is 2. The molecule has 35 heavy (non-hydrogen) atoms. The van der Waals surface area contributed by atoms with Gasteiger partial charge in [0.2, 0.25) is 11.9 Å². The minimum Gasteiger partial charge on any atom is -0.294 e. The van der Waals surface area contributed by atoms with E-state index >= 15 is 0 Å². The summed E-state index contributed by atoms with van der Waals surface area (Å²) >= 11 is 0. The second-order valence-corrected chi connectivity index (χ2v) is 9.57. The number of hydrogen-bond acceptors (Lipinski definition) is 6. The average Bonchev–Trinajstić information content (AvgIpc) is 2.86. The SMILES string of the molecule is CC1CC(=O)c2cnc(NC(=O)CN3CCN(C(c4ccccc4)c4ccccc4)CC3)nc2C1. The van der Waals surface area contributed by atoms with Gasteiger partial charge in [0.1, 0.15) is 0 Å². The molecule has 5 rings (SSSR count). The summed E-state index contributed by atoms with van der Waals surface area (Å²) in [4.78, 5) is 38.2. The molecule has 1 saturated heterocycles. The Balaban J connectivity index is 1.19. The van der Waals surface area contributed by atoms with Crippen LogP contribution in [0.4, 0.5) is 5.95 Å².